The zero-order valence-electron chi connectivity index (χ0n) is 13.8. The van der Waals surface area contributed by atoms with Gasteiger partial charge in [-0.3, -0.25) is 4.79 Å². The number of amides is 1. The van der Waals surface area contributed by atoms with Crippen molar-refractivity contribution in [3.8, 4) is 5.88 Å². The molecule has 130 valence electrons. The first-order chi connectivity index (χ1) is 12.3. The highest BCUT2D eigenvalue weighted by atomic mass is 16.5. The number of fused-ring (bicyclic) bond motifs is 1. The number of pyridine rings is 1. The quantitative estimate of drug-likeness (QED) is 0.819. The van der Waals surface area contributed by atoms with Crippen LogP contribution in [0.2, 0.25) is 0 Å². The van der Waals surface area contributed by atoms with E-state index in [9.17, 15) is 4.79 Å². The third-order valence-electron chi connectivity index (χ3n) is 4.86. The first kappa shape index (κ1) is 16.0. The highest BCUT2D eigenvalue weighted by Crippen LogP contribution is 2.35. The number of carbonyl (C=O) groups excluding carboxylic acids is 1. The van der Waals surface area contributed by atoms with Gasteiger partial charge in [-0.2, -0.15) is 0 Å². The minimum absolute atomic E-state index is 0.104. The Bertz CT molecular complexity index is 713. The van der Waals surface area contributed by atoms with Gasteiger partial charge in [0.05, 0.1) is 19.3 Å². The summed E-state index contributed by atoms with van der Waals surface area (Å²) in [5, 5.41) is 0. The predicted molar refractivity (Wildman–Crippen MR) is 89.0 cm³/mol. The highest BCUT2D eigenvalue weighted by Gasteiger charge is 2.45. The van der Waals surface area contributed by atoms with E-state index in [1.54, 1.807) is 29.6 Å². The van der Waals surface area contributed by atoms with Gasteiger partial charge in [0.1, 0.15) is 0 Å². The molecule has 0 unspecified atom stereocenters. The van der Waals surface area contributed by atoms with Crippen molar-refractivity contribution in [2.24, 2.45) is 11.8 Å². The van der Waals surface area contributed by atoms with Crippen LogP contribution in [0.15, 0.2) is 42.9 Å². The van der Waals surface area contributed by atoms with Crippen LogP contribution in [0.1, 0.15) is 17.0 Å². The van der Waals surface area contributed by atoms with E-state index in [2.05, 4.69) is 15.0 Å². The van der Waals surface area contributed by atoms with Crippen LogP contribution in [0.25, 0.3) is 0 Å². The lowest BCUT2D eigenvalue weighted by Gasteiger charge is -2.19. The number of hydrogen-bond acceptors (Lipinski definition) is 6. The monoisotopic (exact) mass is 340 g/mol. The van der Waals surface area contributed by atoms with Crippen LogP contribution in [0.4, 0.5) is 0 Å². The molecule has 2 aliphatic rings. The van der Waals surface area contributed by atoms with E-state index >= 15 is 0 Å². The highest BCUT2D eigenvalue weighted by molar-refractivity contribution is 5.90. The van der Waals surface area contributed by atoms with Crippen molar-refractivity contribution in [1.82, 2.24) is 19.9 Å². The third kappa shape index (κ3) is 3.46. The molecule has 2 saturated heterocycles. The van der Waals surface area contributed by atoms with Crippen molar-refractivity contribution in [3.63, 3.8) is 0 Å². The summed E-state index contributed by atoms with van der Waals surface area (Å²) in [6.07, 6.45) is 5.89. The second-order valence-electron chi connectivity index (χ2n) is 6.38. The minimum Gasteiger partial charge on any atom is -0.478 e. The number of rotatable bonds is 5. The van der Waals surface area contributed by atoms with Gasteiger partial charge in [-0.25, -0.2) is 15.0 Å². The standard InChI is InChI=1S/C18H20N4O3/c23-18(17-20-7-3-8-21-17)22-10-14-13(12-25-15(14)11-22)5-9-24-16-4-1-2-6-19-16/h1-4,6-8,13-15H,5,9-12H2/t13-,14-,15-/m0/s1. The van der Waals surface area contributed by atoms with E-state index in [1.165, 1.54) is 0 Å². The van der Waals surface area contributed by atoms with Gasteiger partial charge < -0.3 is 14.4 Å². The van der Waals surface area contributed by atoms with Gasteiger partial charge in [-0.1, -0.05) is 6.07 Å². The molecule has 0 aromatic carbocycles. The fourth-order valence-electron chi connectivity index (χ4n) is 3.56. The van der Waals surface area contributed by atoms with Gasteiger partial charge in [-0.05, 0) is 24.5 Å². The average molecular weight is 340 g/mol. The predicted octanol–water partition coefficient (Wildman–Crippen LogP) is 1.43. The van der Waals surface area contributed by atoms with Crippen molar-refractivity contribution in [1.29, 1.82) is 0 Å². The molecule has 2 fully saturated rings. The Labute approximate surface area is 146 Å². The Morgan fingerprint density at radius 1 is 1.16 bits per heavy atom. The summed E-state index contributed by atoms with van der Waals surface area (Å²) in [4.78, 5) is 26.6. The van der Waals surface area contributed by atoms with Gasteiger partial charge in [0.25, 0.3) is 5.91 Å². The molecule has 4 rings (SSSR count). The molecular formula is C18H20N4O3. The number of hydrogen-bond donors (Lipinski definition) is 0. The SMILES string of the molecule is O=C(c1ncccn1)N1C[C@H]2[C@@H](CCOc3ccccn3)CO[C@H]2C1. The molecule has 0 spiro atoms. The molecule has 0 saturated carbocycles. The lowest BCUT2D eigenvalue weighted by Crippen LogP contribution is -2.32. The van der Waals surface area contributed by atoms with Crippen LogP contribution < -0.4 is 4.74 Å². The van der Waals surface area contributed by atoms with E-state index < -0.39 is 0 Å². The van der Waals surface area contributed by atoms with Crippen molar-refractivity contribution >= 4 is 5.91 Å². The lowest BCUT2D eigenvalue weighted by atomic mass is 9.91. The summed E-state index contributed by atoms with van der Waals surface area (Å²) in [6.45, 7) is 2.63. The molecule has 3 atom stereocenters. The summed E-state index contributed by atoms with van der Waals surface area (Å²) >= 11 is 0. The maximum Gasteiger partial charge on any atom is 0.291 e. The van der Waals surface area contributed by atoms with Gasteiger partial charge in [0.2, 0.25) is 11.7 Å². The zero-order chi connectivity index (χ0) is 17.1. The normalized spacial score (nSPS) is 25.0. The Morgan fingerprint density at radius 2 is 2.00 bits per heavy atom. The van der Waals surface area contributed by atoms with Gasteiger partial charge in [0, 0.05) is 43.7 Å². The molecule has 0 aliphatic carbocycles. The van der Waals surface area contributed by atoms with E-state index in [4.69, 9.17) is 9.47 Å². The van der Waals surface area contributed by atoms with E-state index in [0.29, 0.717) is 37.4 Å². The molecular weight excluding hydrogens is 320 g/mol. The summed E-state index contributed by atoms with van der Waals surface area (Å²) in [6, 6.07) is 7.33. The molecule has 25 heavy (non-hydrogen) atoms. The van der Waals surface area contributed by atoms with E-state index in [-0.39, 0.29) is 17.8 Å². The summed E-state index contributed by atoms with van der Waals surface area (Å²) in [5.74, 6) is 1.50. The van der Waals surface area contributed by atoms with E-state index in [0.717, 1.165) is 13.0 Å². The second-order valence-corrected chi connectivity index (χ2v) is 6.38. The third-order valence-corrected chi connectivity index (χ3v) is 4.86. The van der Waals surface area contributed by atoms with Crippen molar-refractivity contribution in [3.05, 3.63) is 48.7 Å². The molecule has 4 heterocycles. The number of likely N-dealkylation sites (tertiary alicyclic amines) is 1. The van der Waals surface area contributed by atoms with Crippen molar-refractivity contribution in [2.75, 3.05) is 26.3 Å². The molecule has 2 aromatic heterocycles. The maximum atomic E-state index is 12.5. The van der Waals surface area contributed by atoms with Gasteiger partial charge in [-0.15, -0.1) is 0 Å². The first-order valence-corrected chi connectivity index (χ1v) is 8.53. The zero-order valence-corrected chi connectivity index (χ0v) is 13.8. The number of aromatic nitrogens is 3. The first-order valence-electron chi connectivity index (χ1n) is 8.53. The smallest absolute Gasteiger partial charge is 0.291 e. The molecule has 0 radical (unpaired) electrons. The Morgan fingerprint density at radius 3 is 2.80 bits per heavy atom. The van der Waals surface area contributed by atoms with Gasteiger partial charge in [0.15, 0.2) is 0 Å². The molecule has 7 heteroatoms. The van der Waals surface area contributed by atoms with Crippen LogP contribution in [-0.4, -0.2) is 58.2 Å². The largest absolute Gasteiger partial charge is 0.478 e. The second kappa shape index (κ2) is 7.14. The van der Waals surface area contributed by atoms with Crippen molar-refractivity contribution in [2.45, 2.75) is 12.5 Å². The molecule has 7 nitrogen and oxygen atoms in total. The summed E-state index contributed by atoms with van der Waals surface area (Å²) in [5.41, 5.74) is 0. The molecule has 1 amide bonds. The fraction of sp³-hybridized carbons (Fsp3) is 0.444. The topological polar surface area (TPSA) is 77.4 Å². The fourth-order valence-corrected chi connectivity index (χ4v) is 3.56. The molecule has 2 aliphatic heterocycles. The molecule has 0 bridgehead atoms. The molecule has 2 aromatic rings. The van der Waals surface area contributed by atoms with Crippen LogP contribution in [0, 0.1) is 11.8 Å². The van der Waals surface area contributed by atoms with Crippen LogP contribution in [0.3, 0.4) is 0 Å². The minimum atomic E-state index is -0.123. The Kier molecular flexibility index (Phi) is 4.56. The van der Waals surface area contributed by atoms with Crippen molar-refractivity contribution < 1.29 is 14.3 Å². The Hall–Kier alpha value is -2.54. The van der Waals surface area contributed by atoms with Gasteiger partial charge >= 0.3 is 0 Å². The number of carbonyl (C=O) groups is 1. The maximum absolute atomic E-state index is 12.5. The number of ether oxygens (including phenoxy) is 2. The summed E-state index contributed by atoms with van der Waals surface area (Å²) in [7, 11) is 0. The van der Waals surface area contributed by atoms with Crippen LogP contribution in [-0.2, 0) is 4.74 Å². The lowest BCUT2D eigenvalue weighted by molar-refractivity contribution is 0.0662. The Balaban J connectivity index is 1.31. The summed E-state index contributed by atoms with van der Waals surface area (Å²) < 4.78 is 11.6. The van der Waals surface area contributed by atoms with E-state index in [1.807, 2.05) is 18.2 Å². The average Bonchev–Trinajstić information content (AvgIpc) is 3.24. The van der Waals surface area contributed by atoms with Crippen LogP contribution >= 0.6 is 0 Å². The van der Waals surface area contributed by atoms with Crippen LogP contribution in [0.5, 0.6) is 5.88 Å². The molecule has 0 N–H and O–H groups in total. The number of nitrogens with zero attached hydrogens (tertiary/aromatic N) is 4.